The van der Waals surface area contributed by atoms with Crippen molar-refractivity contribution in [2.24, 2.45) is 0 Å². The zero-order valence-corrected chi connectivity index (χ0v) is 16.6. The van der Waals surface area contributed by atoms with Gasteiger partial charge >= 0.3 is 0 Å². The first-order valence-electron chi connectivity index (χ1n) is 9.82. The van der Waals surface area contributed by atoms with E-state index in [1.54, 1.807) is 25.1 Å². The van der Waals surface area contributed by atoms with E-state index in [1.165, 1.54) is 24.3 Å². The van der Waals surface area contributed by atoms with Gasteiger partial charge in [-0.3, -0.25) is 9.36 Å². The van der Waals surface area contributed by atoms with Crippen LogP contribution >= 0.6 is 0 Å². The van der Waals surface area contributed by atoms with E-state index in [-0.39, 0.29) is 17.5 Å². The van der Waals surface area contributed by atoms with E-state index < -0.39 is 6.04 Å². The molecule has 7 heteroatoms. The van der Waals surface area contributed by atoms with Crippen molar-refractivity contribution in [3.05, 3.63) is 95.4 Å². The Hall–Kier alpha value is -4.13. The molecule has 0 saturated carbocycles. The Bertz CT molecular complexity index is 1340. The largest absolute Gasteiger partial charge is 0.508 e. The van der Waals surface area contributed by atoms with Gasteiger partial charge in [0.1, 0.15) is 11.6 Å². The summed E-state index contributed by atoms with van der Waals surface area (Å²) in [5.41, 5.74) is 3.72. The number of nitrogens with one attached hydrogen (secondary N) is 2. The van der Waals surface area contributed by atoms with Crippen LogP contribution in [-0.2, 0) is 4.79 Å². The second kappa shape index (κ2) is 7.28. The molecule has 1 aliphatic heterocycles. The topological polar surface area (TPSA) is 79.2 Å². The molecule has 6 nitrogen and oxygen atoms in total. The van der Waals surface area contributed by atoms with Gasteiger partial charge in [-0.25, -0.2) is 9.37 Å². The maximum atomic E-state index is 13.4. The number of amides is 1. The number of imidazole rings is 1. The Balaban J connectivity index is 1.67. The van der Waals surface area contributed by atoms with Crippen LogP contribution in [0.3, 0.4) is 0 Å². The number of carbonyl (C=O) groups is 1. The minimum atomic E-state index is -0.606. The summed E-state index contributed by atoms with van der Waals surface area (Å²) in [6.07, 6.45) is 0. The van der Waals surface area contributed by atoms with E-state index in [1.807, 2.05) is 34.9 Å². The number of phenols is 1. The van der Waals surface area contributed by atoms with Crippen molar-refractivity contribution in [3.8, 4) is 5.75 Å². The fourth-order valence-corrected chi connectivity index (χ4v) is 4.00. The zero-order chi connectivity index (χ0) is 21.5. The van der Waals surface area contributed by atoms with Crippen LogP contribution in [0.15, 0.2) is 84.1 Å². The van der Waals surface area contributed by atoms with Gasteiger partial charge in [0.25, 0.3) is 5.91 Å². The Kier molecular flexibility index (Phi) is 4.43. The third-order valence-corrected chi connectivity index (χ3v) is 5.41. The molecule has 1 atom stereocenters. The molecule has 0 unspecified atom stereocenters. The Labute approximate surface area is 177 Å². The fourth-order valence-electron chi connectivity index (χ4n) is 4.00. The molecule has 3 aromatic carbocycles. The van der Waals surface area contributed by atoms with E-state index in [9.17, 15) is 14.3 Å². The third kappa shape index (κ3) is 3.20. The SMILES string of the molecule is CC1=C(C(=O)Nc2ccc(F)cc2)[C@@H](c2ccccc2O)n2c(nc3ccccc32)N1. The molecule has 1 aliphatic rings. The highest BCUT2D eigenvalue weighted by molar-refractivity contribution is 6.06. The lowest BCUT2D eigenvalue weighted by Gasteiger charge is -2.31. The summed E-state index contributed by atoms with van der Waals surface area (Å²) in [5.74, 6) is -0.0640. The summed E-state index contributed by atoms with van der Waals surface area (Å²) >= 11 is 0. The Morgan fingerprint density at radius 3 is 2.55 bits per heavy atom. The lowest BCUT2D eigenvalue weighted by Crippen LogP contribution is -2.31. The van der Waals surface area contributed by atoms with Crippen molar-refractivity contribution < 1.29 is 14.3 Å². The minimum absolute atomic E-state index is 0.0815. The number of halogens is 1. The first-order chi connectivity index (χ1) is 15.0. The molecule has 2 heterocycles. The van der Waals surface area contributed by atoms with Gasteiger partial charge in [0.2, 0.25) is 5.95 Å². The second-order valence-electron chi connectivity index (χ2n) is 7.38. The lowest BCUT2D eigenvalue weighted by molar-refractivity contribution is -0.113. The number of rotatable bonds is 3. The van der Waals surface area contributed by atoms with Crippen LogP contribution < -0.4 is 10.6 Å². The summed E-state index contributed by atoms with van der Waals surface area (Å²) in [7, 11) is 0. The van der Waals surface area contributed by atoms with Crippen molar-refractivity contribution in [2.75, 3.05) is 10.6 Å². The molecule has 0 bridgehead atoms. The molecule has 0 fully saturated rings. The van der Waals surface area contributed by atoms with Gasteiger partial charge in [0.15, 0.2) is 0 Å². The first kappa shape index (κ1) is 18.9. The molecule has 154 valence electrons. The summed E-state index contributed by atoms with van der Waals surface area (Å²) in [4.78, 5) is 18.1. The zero-order valence-electron chi connectivity index (χ0n) is 16.6. The van der Waals surface area contributed by atoms with Crippen molar-refractivity contribution in [1.82, 2.24) is 9.55 Å². The maximum Gasteiger partial charge on any atom is 0.255 e. The third-order valence-electron chi connectivity index (χ3n) is 5.41. The van der Waals surface area contributed by atoms with Gasteiger partial charge in [-0.05, 0) is 49.4 Å². The van der Waals surface area contributed by atoms with Crippen molar-refractivity contribution in [2.45, 2.75) is 13.0 Å². The second-order valence-corrected chi connectivity index (χ2v) is 7.38. The molecular weight excluding hydrogens is 395 g/mol. The monoisotopic (exact) mass is 414 g/mol. The van der Waals surface area contributed by atoms with Crippen LogP contribution in [-0.4, -0.2) is 20.6 Å². The van der Waals surface area contributed by atoms with Gasteiger partial charge < -0.3 is 15.7 Å². The van der Waals surface area contributed by atoms with Crippen LogP contribution in [0.4, 0.5) is 16.0 Å². The van der Waals surface area contributed by atoms with E-state index in [2.05, 4.69) is 15.6 Å². The number of hydrogen-bond acceptors (Lipinski definition) is 4. The molecule has 4 aromatic rings. The van der Waals surface area contributed by atoms with Crippen LogP contribution in [0, 0.1) is 5.82 Å². The van der Waals surface area contributed by atoms with Crippen LogP contribution in [0.2, 0.25) is 0 Å². The quantitative estimate of drug-likeness (QED) is 0.450. The number of fused-ring (bicyclic) bond motifs is 3. The van der Waals surface area contributed by atoms with Crippen molar-refractivity contribution in [3.63, 3.8) is 0 Å². The van der Waals surface area contributed by atoms with Crippen LogP contribution in [0.1, 0.15) is 18.5 Å². The van der Waals surface area contributed by atoms with Gasteiger partial charge in [-0.2, -0.15) is 0 Å². The van der Waals surface area contributed by atoms with E-state index in [0.717, 1.165) is 11.0 Å². The fraction of sp³-hybridized carbons (Fsp3) is 0.0833. The number of anilines is 2. The molecule has 0 saturated heterocycles. The predicted octanol–water partition coefficient (Wildman–Crippen LogP) is 4.81. The van der Waals surface area contributed by atoms with Crippen molar-refractivity contribution >= 4 is 28.6 Å². The minimum Gasteiger partial charge on any atom is -0.508 e. The number of benzene rings is 3. The van der Waals surface area contributed by atoms with Gasteiger partial charge in [-0.1, -0.05) is 30.3 Å². The van der Waals surface area contributed by atoms with Gasteiger partial charge in [0, 0.05) is 16.9 Å². The number of phenolic OH excluding ortho intramolecular Hbond substituents is 1. The number of aromatic nitrogens is 2. The lowest BCUT2D eigenvalue weighted by atomic mass is 9.93. The summed E-state index contributed by atoms with van der Waals surface area (Å²) in [6.45, 7) is 1.80. The predicted molar refractivity (Wildman–Crippen MR) is 117 cm³/mol. The van der Waals surface area contributed by atoms with E-state index in [0.29, 0.717) is 28.5 Å². The number of para-hydroxylation sites is 3. The van der Waals surface area contributed by atoms with E-state index >= 15 is 0 Å². The number of aromatic hydroxyl groups is 1. The van der Waals surface area contributed by atoms with Crippen molar-refractivity contribution in [1.29, 1.82) is 0 Å². The molecular formula is C24H19FN4O2. The molecule has 31 heavy (non-hydrogen) atoms. The molecule has 1 aromatic heterocycles. The highest BCUT2D eigenvalue weighted by atomic mass is 19.1. The Morgan fingerprint density at radius 2 is 1.77 bits per heavy atom. The molecule has 3 N–H and O–H groups in total. The molecule has 0 spiro atoms. The highest BCUT2D eigenvalue weighted by Gasteiger charge is 2.35. The first-order valence-corrected chi connectivity index (χ1v) is 9.82. The number of carbonyl (C=O) groups excluding carboxylic acids is 1. The van der Waals surface area contributed by atoms with Crippen LogP contribution in [0.25, 0.3) is 11.0 Å². The highest BCUT2D eigenvalue weighted by Crippen LogP contribution is 2.42. The van der Waals surface area contributed by atoms with Gasteiger partial charge in [-0.15, -0.1) is 0 Å². The summed E-state index contributed by atoms with van der Waals surface area (Å²) in [6, 6.07) is 19.6. The summed E-state index contributed by atoms with van der Waals surface area (Å²) in [5, 5.41) is 16.7. The molecule has 0 radical (unpaired) electrons. The Morgan fingerprint density at radius 1 is 1.06 bits per heavy atom. The number of hydrogen-bond donors (Lipinski definition) is 3. The number of nitrogens with zero attached hydrogens (tertiary/aromatic N) is 2. The molecule has 0 aliphatic carbocycles. The molecule has 5 rings (SSSR count). The summed E-state index contributed by atoms with van der Waals surface area (Å²) < 4.78 is 15.2. The number of allylic oxidation sites excluding steroid dienone is 1. The molecule has 1 amide bonds. The normalized spacial score (nSPS) is 15.5. The average Bonchev–Trinajstić information content (AvgIpc) is 3.12. The smallest absolute Gasteiger partial charge is 0.255 e. The standard InChI is InChI=1S/C24H19FN4O2/c1-14-21(23(31)27-16-12-10-15(25)11-13-16)22(17-6-2-5-9-20(17)30)29-19-8-4-3-7-18(19)28-24(29)26-14/h2-13,22,30H,1H3,(H,26,28)(H,27,31)/t22-/m1/s1. The van der Waals surface area contributed by atoms with Crippen LogP contribution in [0.5, 0.6) is 5.75 Å². The average molecular weight is 414 g/mol. The maximum absolute atomic E-state index is 13.4. The van der Waals surface area contributed by atoms with E-state index in [4.69, 9.17) is 0 Å². The van der Waals surface area contributed by atoms with Gasteiger partial charge in [0.05, 0.1) is 22.6 Å².